The molecule has 3 heterocycles. The SMILES string of the molecule is CCS(=O)(=O)N1C[C@H](C(=O)N2CCCCO2)C[C@@H]2OCC[C@@H]21. The van der Waals surface area contributed by atoms with Gasteiger partial charge in [0, 0.05) is 19.7 Å². The number of carbonyl (C=O) groups excluding carboxylic acids is 1. The smallest absolute Gasteiger partial charge is 0.250 e. The third-order valence-corrected chi connectivity index (χ3v) is 6.65. The van der Waals surface area contributed by atoms with Crippen LogP contribution in [0.4, 0.5) is 0 Å². The summed E-state index contributed by atoms with van der Waals surface area (Å²) in [4.78, 5) is 18.1. The highest BCUT2D eigenvalue weighted by Crippen LogP contribution is 2.34. The first-order valence-corrected chi connectivity index (χ1v) is 9.69. The molecule has 1 amide bonds. The van der Waals surface area contributed by atoms with Crippen LogP contribution in [0.5, 0.6) is 0 Å². The molecule has 3 rings (SSSR count). The standard InChI is InChI=1S/C14H24N2O5S/c1-2-22(18,19)16-10-11(9-13-12(16)5-8-20-13)14(17)15-6-3-4-7-21-15/h11-13H,2-10H2,1H3/t11-,12+,13+/m1/s1. The predicted octanol–water partition coefficient (Wildman–Crippen LogP) is 0.370. The number of hydrogen-bond acceptors (Lipinski definition) is 5. The first-order chi connectivity index (χ1) is 10.5. The van der Waals surface area contributed by atoms with Crippen LogP contribution in [-0.2, 0) is 24.4 Å². The van der Waals surface area contributed by atoms with Crippen molar-refractivity contribution in [2.75, 3.05) is 32.1 Å². The number of fused-ring (bicyclic) bond motifs is 1. The Kier molecular flexibility index (Phi) is 4.72. The number of amides is 1. The molecule has 0 aromatic rings. The van der Waals surface area contributed by atoms with Gasteiger partial charge in [0.25, 0.3) is 5.91 Å². The molecule has 0 bridgehead atoms. The summed E-state index contributed by atoms with van der Waals surface area (Å²) in [5.74, 6) is -0.430. The average Bonchev–Trinajstić information content (AvgIpc) is 3.02. The van der Waals surface area contributed by atoms with Gasteiger partial charge >= 0.3 is 0 Å². The van der Waals surface area contributed by atoms with Gasteiger partial charge in [-0.05, 0) is 32.6 Å². The molecule has 0 aromatic carbocycles. The summed E-state index contributed by atoms with van der Waals surface area (Å²) in [6.45, 7) is 3.59. The van der Waals surface area contributed by atoms with Crippen LogP contribution in [0.15, 0.2) is 0 Å². The zero-order valence-corrected chi connectivity index (χ0v) is 13.8. The minimum atomic E-state index is -3.33. The molecule has 22 heavy (non-hydrogen) atoms. The lowest BCUT2D eigenvalue weighted by Crippen LogP contribution is -2.56. The summed E-state index contributed by atoms with van der Waals surface area (Å²) in [5.41, 5.74) is 0. The molecule has 3 aliphatic rings. The van der Waals surface area contributed by atoms with E-state index in [2.05, 4.69) is 0 Å². The molecule has 0 N–H and O–H groups in total. The van der Waals surface area contributed by atoms with E-state index in [-0.39, 0.29) is 36.3 Å². The quantitative estimate of drug-likeness (QED) is 0.746. The molecule has 0 aromatic heterocycles. The number of nitrogens with zero attached hydrogens (tertiary/aromatic N) is 2. The van der Waals surface area contributed by atoms with Crippen molar-refractivity contribution >= 4 is 15.9 Å². The topological polar surface area (TPSA) is 76.2 Å². The second kappa shape index (κ2) is 6.43. The lowest BCUT2D eigenvalue weighted by Gasteiger charge is -2.40. The van der Waals surface area contributed by atoms with E-state index >= 15 is 0 Å². The van der Waals surface area contributed by atoms with Crippen molar-refractivity contribution in [2.24, 2.45) is 5.92 Å². The van der Waals surface area contributed by atoms with E-state index in [4.69, 9.17) is 9.57 Å². The number of sulfonamides is 1. The first kappa shape index (κ1) is 16.2. The molecule has 126 valence electrons. The van der Waals surface area contributed by atoms with Gasteiger partial charge in [-0.1, -0.05) is 0 Å². The number of ether oxygens (including phenoxy) is 1. The van der Waals surface area contributed by atoms with Crippen molar-refractivity contribution in [1.82, 2.24) is 9.37 Å². The van der Waals surface area contributed by atoms with E-state index in [1.165, 1.54) is 9.37 Å². The number of hydrogen-bond donors (Lipinski definition) is 0. The van der Waals surface area contributed by atoms with Gasteiger partial charge in [0.15, 0.2) is 0 Å². The Labute approximate surface area is 131 Å². The number of carbonyl (C=O) groups is 1. The molecule has 3 saturated heterocycles. The van der Waals surface area contributed by atoms with Crippen molar-refractivity contribution < 1.29 is 22.8 Å². The monoisotopic (exact) mass is 332 g/mol. The molecule has 0 radical (unpaired) electrons. The molecule has 7 nitrogen and oxygen atoms in total. The summed E-state index contributed by atoms with van der Waals surface area (Å²) >= 11 is 0. The van der Waals surface area contributed by atoms with Gasteiger partial charge in [0.2, 0.25) is 10.0 Å². The van der Waals surface area contributed by atoms with Crippen molar-refractivity contribution in [3.63, 3.8) is 0 Å². The second-order valence-corrected chi connectivity index (χ2v) is 8.36. The number of hydroxylamine groups is 2. The third-order valence-electron chi connectivity index (χ3n) is 4.78. The van der Waals surface area contributed by atoms with E-state index in [0.29, 0.717) is 32.6 Å². The number of rotatable bonds is 3. The zero-order chi connectivity index (χ0) is 15.7. The van der Waals surface area contributed by atoms with E-state index in [1.54, 1.807) is 6.92 Å². The van der Waals surface area contributed by atoms with Crippen LogP contribution in [0.1, 0.15) is 32.6 Å². The Morgan fingerprint density at radius 2 is 2.09 bits per heavy atom. The highest BCUT2D eigenvalue weighted by Gasteiger charge is 2.47. The van der Waals surface area contributed by atoms with Gasteiger partial charge in [-0.25, -0.2) is 13.5 Å². The molecule has 3 atom stereocenters. The van der Waals surface area contributed by atoms with Crippen LogP contribution >= 0.6 is 0 Å². The van der Waals surface area contributed by atoms with Crippen LogP contribution in [0.3, 0.4) is 0 Å². The summed E-state index contributed by atoms with van der Waals surface area (Å²) in [7, 11) is -3.33. The van der Waals surface area contributed by atoms with E-state index < -0.39 is 10.0 Å². The Bertz CT molecular complexity index is 517. The average molecular weight is 332 g/mol. The summed E-state index contributed by atoms with van der Waals surface area (Å²) in [6, 6.07) is -0.115. The Morgan fingerprint density at radius 1 is 1.27 bits per heavy atom. The molecule has 0 saturated carbocycles. The summed E-state index contributed by atoms with van der Waals surface area (Å²) < 4.78 is 31.9. The zero-order valence-electron chi connectivity index (χ0n) is 12.9. The van der Waals surface area contributed by atoms with Crippen molar-refractivity contribution in [3.8, 4) is 0 Å². The van der Waals surface area contributed by atoms with Crippen LogP contribution in [-0.4, -0.2) is 67.9 Å². The second-order valence-electron chi connectivity index (χ2n) is 6.15. The fourth-order valence-corrected chi connectivity index (χ4v) is 4.93. The molecule has 0 spiro atoms. The van der Waals surface area contributed by atoms with Crippen molar-refractivity contribution in [3.05, 3.63) is 0 Å². The van der Waals surface area contributed by atoms with Gasteiger partial charge in [-0.3, -0.25) is 9.63 Å². The van der Waals surface area contributed by atoms with Crippen LogP contribution in [0, 0.1) is 5.92 Å². The lowest BCUT2D eigenvalue weighted by atomic mass is 9.91. The normalized spacial score (nSPS) is 33.7. The Balaban J connectivity index is 1.77. The van der Waals surface area contributed by atoms with Gasteiger partial charge < -0.3 is 4.74 Å². The number of piperidine rings is 1. The maximum absolute atomic E-state index is 12.6. The van der Waals surface area contributed by atoms with Crippen molar-refractivity contribution in [1.29, 1.82) is 0 Å². The maximum Gasteiger partial charge on any atom is 0.250 e. The molecule has 8 heteroatoms. The largest absolute Gasteiger partial charge is 0.376 e. The maximum atomic E-state index is 12.6. The predicted molar refractivity (Wildman–Crippen MR) is 79.3 cm³/mol. The van der Waals surface area contributed by atoms with Gasteiger partial charge in [-0.2, -0.15) is 4.31 Å². The van der Waals surface area contributed by atoms with E-state index in [0.717, 1.165) is 12.8 Å². The lowest BCUT2D eigenvalue weighted by molar-refractivity contribution is -0.203. The molecule has 0 aliphatic carbocycles. The van der Waals surface area contributed by atoms with Gasteiger partial charge in [0.05, 0.1) is 30.4 Å². The van der Waals surface area contributed by atoms with Crippen LogP contribution < -0.4 is 0 Å². The van der Waals surface area contributed by atoms with E-state index in [9.17, 15) is 13.2 Å². The van der Waals surface area contributed by atoms with E-state index in [1.807, 2.05) is 0 Å². The van der Waals surface area contributed by atoms with Crippen molar-refractivity contribution in [2.45, 2.75) is 44.8 Å². The third kappa shape index (κ3) is 3.02. The van der Waals surface area contributed by atoms with Crippen LogP contribution in [0.25, 0.3) is 0 Å². The fourth-order valence-electron chi connectivity index (χ4n) is 3.54. The molecular weight excluding hydrogens is 308 g/mol. The molecule has 0 unspecified atom stereocenters. The molecule has 3 fully saturated rings. The minimum Gasteiger partial charge on any atom is -0.376 e. The van der Waals surface area contributed by atoms with Gasteiger partial charge in [0.1, 0.15) is 0 Å². The minimum absolute atomic E-state index is 0.0529. The Morgan fingerprint density at radius 3 is 2.77 bits per heavy atom. The molecular formula is C14H24N2O5S. The van der Waals surface area contributed by atoms with Gasteiger partial charge in [-0.15, -0.1) is 0 Å². The fraction of sp³-hybridized carbons (Fsp3) is 0.929. The Hall–Kier alpha value is -0.700. The summed E-state index contributed by atoms with van der Waals surface area (Å²) in [6.07, 6.45) is 3.01. The summed E-state index contributed by atoms with van der Waals surface area (Å²) in [5, 5.41) is 1.42. The highest BCUT2D eigenvalue weighted by molar-refractivity contribution is 7.89. The molecule has 3 aliphatic heterocycles. The first-order valence-electron chi connectivity index (χ1n) is 8.08. The van der Waals surface area contributed by atoms with Crippen LogP contribution in [0.2, 0.25) is 0 Å². The highest BCUT2D eigenvalue weighted by atomic mass is 32.2.